The lowest BCUT2D eigenvalue weighted by Crippen LogP contribution is -2.40. The maximum Gasteiger partial charge on any atom is 0.418 e. The highest BCUT2D eigenvalue weighted by molar-refractivity contribution is 6.74. The average Bonchev–Trinajstić information content (AvgIpc) is 2.88. The summed E-state index contributed by atoms with van der Waals surface area (Å²) in [6.45, 7) is 12.4. The number of aromatic nitrogens is 3. The number of carbonyl (C=O) groups excluding carboxylic acids is 1. The van der Waals surface area contributed by atoms with E-state index in [1.165, 1.54) is 31.3 Å². The minimum atomic E-state index is -4.76. The summed E-state index contributed by atoms with van der Waals surface area (Å²) in [5.74, 6) is -3.63. The summed E-state index contributed by atoms with van der Waals surface area (Å²) in [6.07, 6.45) is -2.84. The summed E-state index contributed by atoms with van der Waals surface area (Å²) in [5, 5.41) is 0.102. The molecule has 1 aromatic carbocycles. The lowest BCUT2D eigenvalue weighted by molar-refractivity contribution is -0.138. The van der Waals surface area contributed by atoms with Crippen molar-refractivity contribution in [2.24, 2.45) is 5.73 Å². The number of aryl methyl sites for hydroxylation is 1. The largest absolute Gasteiger partial charge is 0.438 e. The van der Waals surface area contributed by atoms with Crippen LogP contribution in [-0.2, 0) is 17.2 Å². The van der Waals surface area contributed by atoms with Crippen LogP contribution < -0.4 is 10.5 Å². The number of carbonyl (C=O) groups is 1. The van der Waals surface area contributed by atoms with E-state index in [1.807, 2.05) is 33.9 Å². The third-order valence-electron chi connectivity index (χ3n) is 7.76. The number of halogens is 5. The lowest BCUT2D eigenvalue weighted by atomic mass is 9.99. The number of benzene rings is 1. The van der Waals surface area contributed by atoms with Gasteiger partial charge in [-0.05, 0) is 67.4 Å². The van der Waals surface area contributed by atoms with Crippen LogP contribution in [0.2, 0.25) is 18.1 Å². The number of amides is 1. The Morgan fingerprint density at radius 1 is 1.05 bits per heavy atom. The van der Waals surface area contributed by atoms with Crippen molar-refractivity contribution in [1.29, 1.82) is 0 Å². The Morgan fingerprint density at radius 2 is 1.72 bits per heavy atom. The van der Waals surface area contributed by atoms with E-state index in [0.29, 0.717) is 17.1 Å². The van der Waals surface area contributed by atoms with Gasteiger partial charge in [0.1, 0.15) is 11.4 Å². The quantitative estimate of drug-likeness (QED) is 0.166. The van der Waals surface area contributed by atoms with Gasteiger partial charge in [0.2, 0.25) is 5.88 Å². The van der Waals surface area contributed by atoms with Crippen molar-refractivity contribution in [2.45, 2.75) is 65.5 Å². The molecular weight excluding hydrogens is 587 g/mol. The molecule has 7 nitrogen and oxygen atoms in total. The number of hydrogen-bond donors (Lipinski definition) is 1. The van der Waals surface area contributed by atoms with Crippen LogP contribution in [0.3, 0.4) is 0 Å². The minimum absolute atomic E-state index is 0.0411. The molecule has 0 saturated heterocycles. The predicted molar refractivity (Wildman–Crippen MR) is 154 cm³/mol. The second kappa shape index (κ2) is 11.3. The van der Waals surface area contributed by atoms with Crippen LogP contribution in [0, 0.1) is 25.5 Å². The number of rotatable bonds is 7. The van der Waals surface area contributed by atoms with Gasteiger partial charge in [-0.15, -0.1) is 0 Å². The highest BCUT2D eigenvalue weighted by atomic mass is 28.4. The Kier molecular flexibility index (Phi) is 8.37. The maximum absolute atomic E-state index is 15.1. The topological polar surface area (TPSA) is 100 Å². The number of nitrogens with two attached hydrogens (primary N) is 1. The van der Waals surface area contributed by atoms with Gasteiger partial charge in [-0.3, -0.25) is 9.78 Å². The Morgan fingerprint density at radius 3 is 2.33 bits per heavy atom. The highest BCUT2D eigenvalue weighted by Crippen LogP contribution is 2.43. The Hall–Kier alpha value is -3.97. The molecule has 3 aromatic heterocycles. The molecular formula is C30H31F5N4O3Si. The zero-order valence-corrected chi connectivity index (χ0v) is 25.7. The molecule has 13 heteroatoms. The molecule has 0 unspecified atom stereocenters. The Bertz CT molecular complexity index is 1740. The first-order chi connectivity index (χ1) is 19.8. The normalized spacial score (nSPS) is 12.6. The van der Waals surface area contributed by atoms with E-state index in [0.717, 1.165) is 6.07 Å². The second-order valence-corrected chi connectivity index (χ2v) is 16.5. The molecule has 0 bridgehead atoms. The van der Waals surface area contributed by atoms with Gasteiger partial charge in [-0.25, -0.2) is 18.7 Å². The van der Waals surface area contributed by atoms with Gasteiger partial charge in [0.15, 0.2) is 20.0 Å². The first kappa shape index (κ1) is 32.0. The monoisotopic (exact) mass is 618 g/mol. The van der Waals surface area contributed by atoms with Crippen LogP contribution in [-0.4, -0.2) is 29.2 Å². The summed E-state index contributed by atoms with van der Waals surface area (Å²) < 4.78 is 83.5. The van der Waals surface area contributed by atoms with E-state index in [-0.39, 0.29) is 56.9 Å². The molecule has 0 aliphatic heterocycles. The fraction of sp³-hybridized carbons (Fsp3) is 0.333. The van der Waals surface area contributed by atoms with Gasteiger partial charge < -0.3 is 14.9 Å². The molecule has 43 heavy (non-hydrogen) atoms. The van der Waals surface area contributed by atoms with Gasteiger partial charge >= 0.3 is 6.18 Å². The summed E-state index contributed by atoms with van der Waals surface area (Å²) in [7, 11) is -2.42. The number of ether oxygens (including phenoxy) is 1. The van der Waals surface area contributed by atoms with Crippen molar-refractivity contribution < 1.29 is 35.9 Å². The van der Waals surface area contributed by atoms with Crippen LogP contribution >= 0.6 is 0 Å². The minimum Gasteiger partial charge on any atom is -0.438 e. The molecule has 4 rings (SSSR count). The molecule has 0 spiro atoms. The smallest absolute Gasteiger partial charge is 0.418 e. The molecule has 1 amide bonds. The molecule has 2 N–H and O–H groups in total. The van der Waals surface area contributed by atoms with Crippen LogP contribution in [0.4, 0.5) is 22.0 Å². The number of hydrogen-bond acceptors (Lipinski definition) is 6. The summed E-state index contributed by atoms with van der Waals surface area (Å²) >= 11 is 0. The molecule has 0 aliphatic carbocycles. The van der Waals surface area contributed by atoms with Crippen LogP contribution in [0.1, 0.15) is 53.5 Å². The molecule has 0 saturated carbocycles. The van der Waals surface area contributed by atoms with E-state index in [9.17, 15) is 22.4 Å². The van der Waals surface area contributed by atoms with Gasteiger partial charge in [0.25, 0.3) is 5.91 Å². The summed E-state index contributed by atoms with van der Waals surface area (Å²) in [6, 6.07) is 4.97. The van der Waals surface area contributed by atoms with Crippen molar-refractivity contribution in [2.75, 3.05) is 0 Å². The molecule has 4 aromatic rings. The Balaban J connectivity index is 1.91. The average molecular weight is 619 g/mol. The van der Waals surface area contributed by atoms with Gasteiger partial charge in [-0.1, -0.05) is 20.8 Å². The Labute approximate surface area is 246 Å². The standard InChI is InChI=1S/C30H31F5N4O3Si/c1-15-12-21(39-20-10-11-37-26(23(15)20)27(36)40)24-16(2)18(30(33,34)35)13-38-28(24)42-22-9-8-19(31)25(32)17(22)14-41-43(6,7)29(3,4)5/h8-13H,14H2,1-7H3,(H2,36,40). The fourth-order valence-corrected chi connectivity index (χ4v) is 5.25. The van der Waals surface area contributed by atoms with E-state index in [2.05, 4.69) is 15.0 Å². The van der Waals surface area contributed by atoms with Crippen molar-refractivity contribution in [1.82, 2.24) is 15.0 Å². The van der Waals surface area contributed by atoms with Crippen molar-refractivity contribution in [3.63, 3.8) is 0 Å². The van der Waals surface area contributed by atoms with Gasteiger partial charge in [-0.2, -0.15) is 13.2 Å². The zero-order valence-electron chi connectivity index (χ0n) is 24.7. The number of fused-ring (bicyclic) bond motifs is 1. The number of pyridine rings is 3. The van der Waals surface area contributed by atoms with Crippen molar-refractivity contribution in [3.05, 3.63) is 76.2 Å². The third kappa shape index (κ3) is 6.23. The van der Waals surface area contributed by atoms with E-state index >= 15 is 4.39 Å². The van der Waals surface area contributed by atoms with Gasteiger partial charge in [0.05, 0.1) is 34.5 Å². The van der Waals surface area contributed by atoms with Crippen LogP contribution in [0.15, 0.2) is 36.7 Å². The van der Waals surface area contributed by atoms with Crippen LogP contribution in [0.5, 0.6) is 11.6 Å². The first-order valence-electron chi connectivity index (χ1n) is 13.3. The second-order valence-electron chi connectivity index (χ2n) is 11.7. The van der Waals surface area contributed by atoms with Crippen molar-refractivity contribution >= 4 is 25.1 Å². The highest BCUT2D eigenvalue weighted by Gasteiger charge is 2.38. The number of primary amides is 1. The van der Waals surface area contributed by atoms with Crippen molar-refractivity contribution in [3.8, 4) is 22.9 Å². The maximum atomic E-state index is 15.1. The predicted octanol–water partition coefficient (Wildman–Crippen LogP) is 8.02. The molecule has 0 atom stereocenters. The molecule has 3 heterocycles. The van der Waals surface area contributed by atoms with Gasteiger partial charge in [0, 0.05) is 17.8 Å². The SMILES string of the molecule is Cc1c(C(F)(F)F)cnc(Oc2ccc(F)c(F)c2CO[Si](C)(C)C(C)(C)C)c1-c1cc(C)c2c(C(N)=O)nccc2n1. The zero-order chi connectivity index (χ0) is 32.1. The summed E-state index contributed by atoms with van der Waals surface area (Å²) in [4.78, 5) is 24.4. The van der Waals surface area contributed by atoms with E-state index < -0.39 is 37.6 Å². The van der Waals surface area contributed by atoms with E-state index in [4.69, 9.17) is 14.9 Å². The lowest BCUT2D eigenvalue weighted by Gasteiger charge is -2.36. The summed E-state index contributed by atoms with van der Waals surface area (Å²) in [5.41, 5.74) is 4.51. The first-order valence-corrected chi connectivity index (χ1v) is 16.2. The molecule has 0 fully saturated rings. The number of alkyl halides is 3. The third-order valence-corrected chi connectivity index (χ3v) is 12.2. The molecule has 0 aliphatic rings. The van der Waals surface area contributed by atoms with E-state index in [1.54, 1.807) is 6.92 Å². The molecule has 228 valence electrons. The van der Waals surface area contributed by atoms with Crippen LogP contribution in [0.25, 0.3) is 22.2 Å². The number of nitrogens with zero attached hydrogens (tertiary/aromatic N) is 3. The fourth-order valence-electron chi connectivity index (χ4n) is 4.31. The molecule has 0 radical (unpaired) electrons.